The standard InChI is InChI=1S/C7H14ClNO2/c1-6(10)5-9-7(11)3-2-4-8/h6,10H,2-5H2,1H3,(H,9,11)/t6-/m0/s1. The molecule has 0 rings (SSSR count). The monoisotopic (exact) mass is 179 g/mol. The number of hydrogen-bond donors (Lipinski definition) is 2. The highest BCUT2D eigenvalue weighted by atomic mass is 35.5. The van der Waals surface area contributed by atoms with Crippen LogP contribution >= 0.6 is 11.6 Å². The van der Waals surface area contributed by atoms with E-state index in [0.29, 0.717) is 25.3 Å². The molecule has 0 saturated heterocycles. The van der Waals surface area contributed by atoms with Crippen LogP contribution in [-0.4, -0.2) is 29.5 Å². The van der Waals surface area contributed by atoms with E-state index in [0.717, 1.165) is 0 Å². The molecule has 0 aliphatic rings. The summed E-state index contributed by atoms with van der Waals surface area (Å²) in [7, 11) is 0. The fraction of sp³-hybridized carbons (Fsp3) is 0.857. The summed E-state index contributed by atoms with van der Waals surface area (Å²) in [4.78, 5) is 10.8. The number of hydrogen-bond acceptors (Lipinski definition) is 2. The number of carbonyl (C=O) groups is 1. The molecule has 0 radical (unpaired) electrons. The van der Waals surface area contributed by atoms with Gasteiger partial charge in [0.25, 0.3) is 0 Å². The fourth-order valence-electron chi connectivity index (χ4n) is 0.577. The molecule has 4 heteroatoms. The van der Waals surface area contributed by atoms with Gasteiger partial charge in [-0.25, -0.2) is 0 Å². The maximum Gasteiger partial charge on any atom is 0.220 e. The van der Waals surface area contributed by atoms with E-state index in [1.54, 1.807) is 6.92 Å². The minimum atomic E-state index is -0.477. The first-order valence-corrected chi connectivity index (χ1v) is 4.21. The molecule has 0 saturated carbocycles. The van der Waals surface area contributed by atoms with Crippen LogP contribution in [0.15, 0.2) is 0 Å². The van der Waals surface area contributed by atoms with E-state index in [2.05, 4.69) is 5.32 Å². The summed E-state index contributed by atoms with van der Waals surface area (Å²) >= 11 is 5.38. The largest absolute Gasteiger partial charge is 0.392 e. The molecule has 0 aliphatic heterocycles. The predicted octanol–water partition coefficient (Wildman–Crippen LogP) is 0.502. The van der Waals surface area contributed by atoms with Gasteiger partial charge >= 0.3 is 0 Å². The van der Waals surface area contributed by atoms with Gasteiger partial charge in [-0.1, -0.05) is 0 Å². The first-order chi connectivity index (χ1) is 5.16. The summed E-state index contributed by atoms with van der Waals surface area (Å²) in [5.41, 5.74) is 0. The zero-order chi connectivity index (χ0) is 8.69. The second-order valence-corrected chi connectivity index (χ2v) is 2.82. The van der Waals surface area contributed by atoms with Crippen LogP contribution in [0.5, 0.6) is 0 Å². The Balaban J connectivity index is 3.23. The predicted molar refractivity (Wildman–Crippen MR) is 44.6 cm³/mol. The van der Waals surface area contributed by atoms with Gasteiger partial charge in [-0.2, -0.15) is 0 Å². The third-order valence-electron chi connectivity index (χ3n) is 1.13. The number of rotatable bonds is 5. The fourth-order valence-corrected chi connectivity index (χ4v) is 0.711. The van der Waals surface area contributed by atoms with Crippen molar-refractivity contribution >= 4 is 17.5 Å². The van der Waals surface area contributed by atoms with Crippen molar-refractivity contribution in [3.05, 3.63) is 0 Å². The number of halogens is 1. The second-order valence-electron chi connectivity index (χ2n) is 2.45. The third kappa shape index (κ3) is 7.62. The van der Waals surface area contributed by atoms with E-state index in [1.165, 1.54) is 0 Å². The Hall–Kier alpha value is -0.280. The SMILES string of the molecule is C[C@H](O)CNC(=O)CCCCl. The lowest BCUT2D eigenvalue weighted by molar-refractivity contribution is -0.121. The smallest absolute Gasteiger partial charge is 0.220 e. The summed E-state index contributed by atoms with van der Waals surface area (Å²) in [5.74, 6) is 0.453. The van der Waals surface area contributed by atoms with Gasteiger partial charge in [0.1, 0.15) is 0 Å². The molecular weight excluding hydrogens is 166 g/mol. The van der Waals surface area contributed by atoms with Crippen molar-refractivity contribution in [3.8, 4) is 0 Å². The van der Waals surface area contributed by atoms with Crippen LogP contribution in [0.3, 0.4) is 0 Å². The van der Waals surface area contributed by atoms with Crippen LogP contribution in [0.4, 0.5) is 0 Å². The molecule has 66 valence electrons. The molecule has 1 amide bonds. The summed E-state index contributed by atoms with van der Waals surface area (Å²) in [5, 5.41) is 11.4. The molecule has 11 heavy (non-hydrogen) atoms. The van der Waals surface area contributed by atoms with Crippen LogP contribution < -0.4 is 5.32 Å². The van der Waals surface area contributed by atoms with Crippen molar-refractivity contribution in [3.63, 3.8) is 0 Å². The van der Waals surface area contributed by atoms with Crippen LogP contribution in [0.1, 0.15) is 19.8 Å². The first-order valence-electron chi connectivity index (χ1n) is 3.67. The average Bonchev–Trinajstić information content (AvgIpc) is 1.97. The minimum Gasteiger partial charge on any atom is -0.392 e. The first kappa shape index (κ1) is 10.7. The molecule has 0 aromatic carbocycles. The molecule has 0 spiro atoms. The van der Waals surface area contributed by atoms with Gasteiger partial charge in [-0.05, 0) is 13.3 Å². The van der Waals surface area contributed by atoms with Crippen molar-refractivity contribution in [1.29, 1.82) is 0 Å². The molecule has 3 nitrogen and oxygen atoms in total. The number of nitrogens with one attached hydrogen (secondary N) is 1. The van der Waals surface area contributed by atoms with Gasteiger partial charge in [0, 0.05) is 18.8 Å². The van der Waals surface area contributed by atoms with E-state index >= 15 is 0 Å². The highest BCUT2D eigenvalue weighted by Crippen LogP contribution is 1.91. The number of aliphatic hydroxyl groups is 1. The Kier molecular flexibility index (Phi) is 6.27. The molecule has 0 aromatic heterocycles. The number of aliphatic hydroxyl groups excluding tert-OH is 1. The summed E-state index contributed by atoms with van der Waals surface area (Å²) < 4.78 is 0. The topological polar surface area (TPSA) is 49.3 Å². The maximum atomic E-state index is 10.8. The Bertz CT molecular complexity index is 117. The number of amides is 1. The van der Waals surface area contributed by atoms with Crippen LogP contribution in [0, 0.1) is 0 Å². The molecule has 0 fully saturated rings. The molecule has 2 N–H and O–H groups in total. The van der Waals surface area contributed by atoms with E-state index in [1.807, 2.05) is 0 Å². The van der Waals surface area contributed by atoms with Crippen molar-refractivity contribution in [1.82, 2.24) is 5.32 Å². The summed E-state index contributed by atoms with van der Waals surface area (Å²) in [6.07, 6.45) is 0.651. The lowest BCUT2D eigenvalue weighted by atomic mass is 10.3. The minimum absolute atomic E-state index is 0.0495. The lowest BCUT2D eigenvalue weighted by Crippen LogP contribution is -2.30. The third-order valence-corrected chi connectivity index (χ3v) is 1.40. The van der Waals surface area contributed by atoms with E-state index < -0.39 is 6.10 Å². The quantitative estimate of drug-likeness (QED) is 0.604. The van der Waals surface area contributed by atoms with Gasteiger partial charge in [0.15, 0.2) is 0 Å². The second kappa shape index (κ2) is 6.43. The van der Waals surface area contributed by atoms with Gasteiger partial charge in [0.05, 0.1) is 6.10 Å². The van der Waals surface area contributed by atoms with Crippen molar-refractivity contribution in [2.75, 3.05) is 12.4 Å². The zero-order valence-electron chi connectivity index (χ0n) is 6.64. The normalized spacial score (nSPS) is 12.6. The molecule has 0 aliphatic carbocycles. The van der Waals surface area contributed by atoms with Crippen LogP contribution in [0.2, 0.25) is 0 Å². The van der Waals surface area contributed by atoms with Gasteiger partial charge < -0.3 is 10.4 Å². The van der Waals surface area contributed by atoms with Crippen LogP contribution in [-0.2, 0) is 4.79 Å². The zero-order valence-corrected chi connectivity index (χ0v) is 7.40. The van der Waals surface area contributed by atoms with Crippen LogP contribution in [0.25, 0.3) is 0 Å². The molecule has 0 unspecified atom stereocenters. The molecule has 0 bridgehead atoms. The highest BCUT2D eigenvalue weighted by Gasteiger charge is 2.01. The van der Waals surface area contributed by atoms with Crippen molar-refractivity contribution < 1.29 is 9.90 Å². The summed E-state index contributed by atoms with van der Waals surface area (Å²) in [6.45, 7) is 1.95. The molecular formula is C7H14ClNO2. The van der Waals surface area contributed by atoms with E-state index in [-0.39, 0.29) is 5.91 Å². The molecule has 1 atom stereocenters. The highest BCUT2D eigenvalue weighted by molar-refractivity contribution is 6.17. The number of alkyl halides is 1. The maximum absolute atomic E-state index is 10.8. The van der Waals surface area contributed by atoms with Gasteiger partial charge in [-0.15, -0.1) is 11.6 Å². The van der Waals surface area contributed by atoms with E-state index in [9.17, 15) is 4.79 Å². The van der Waals surface area contributed by atoms with Gasteiger partial charge in [-0.3, -0.25) is 4.79 Å². The average molecular weight is 180 g/mol. The number of carbonyl (C=O) groups excluding carboxylic acids is 1. The molecule has 0 aromatic rings. The van der Waals surface area contributed by atoms with Gasteiger partial charge in [0.2, 0.25) is 5.91 Å². The Morgan fingerprint density at radius 3 is 2.82 bits per heavy atom. The summed E-state index contributed by atoms with van der Waals surface area (Å²) in [6, 6.07) is 0. The van der Waals surface area contributed by atoms with Crippen molar-refractivity contribution in [2.45, 2.75) is 25.9 Å². The Morgan fingerprint density at radius 2 is 2.36 bits per heavy atom. The molecule has 0 heterocycles. The van der Waals surface area contributed by atoms with Crippen molar-refractivity contribution in [2.24, 2.45) is 0 Å². The van der Waals surface area contributed by atoms with E-state index in [4.69, 9.17) is 16.7 Å². The Morgan fingerprint density at radius 1 is 1.73 bits per heavy atom. The lowest BCUT2D eigenvalue weighted by Gasteiger charge is -2.05. The Labute approximate surface area is 71.7 Å².